The van der Waals surface area contributed by atoms with Gasteiger partial charge in [-0.05, 0) is 0 Å². The molecule has 1 N–H and O–H groups in total. The van der Waals surface area contributed by atoms with Gasteiger partial charge in [-0.15, -0.1) is 0 Å². The zero-order valence-electron chi connectivity index (χ0n) is 2.64. The molecule has 0 unspecified atom stereocenters. The van der Waals surface area contributed by atoms with E-state index in [1.807, 2.05) is 0 Å². The fourth-order valence-electron chi connectivity index (χ4n) is 0.0373. The summed E-state index contributed by atoms with van der Waals surface area (Å²) in [6.45, 7) is 0.0139. The minimum Gasteiger partial charge on any atom is -0.508 e. The summed E-state index contributed by atoms with van der Waals surface area (Å²) in [4.78, 5) is 9.18. The van der Waals surface area contributed by atoms with Gasteiger partial charge in [-0.25, -0.2) is 0 Å². The van der Waals surface area contributed by atoms with Crippen LogP contribution >= 0.6 is 0 Å². The average molecular weight is 72.1 g/mol. The van der Waals surface area contributed by atoms with E-state index in [2.05, 4.69) is 0 Å². The van der Waals surface area contributed by atoms with Crippen LogP contribution in [0.4, 0.5) is 0 Å². The van der Waals surface area contributed by atoms with Gasteiger partial charge in [0.2, 0.25) is 0 Å². The number of nitrogens with one attached hydrogen (secondary N) is 1. The summed E-state index contributed by atoms with van der Waals surface area (Å²) >= 11 is 0. The van der Waals surface area contributed by atoms with E-state index in [9.17, 15) is 4.79 Å². The summed E-state index contributed by atoms with van der Waals surface area (Å²) in [5, 5.41) is 1.65. The number of aldehydes is 1. The molecule has 5 heavy (non-hydrogen) atoms. The molecule has 0 spiro atoms. The molecule has 0 aromatic rings. The lowest BCUT2D eigenvalue weighted by molar-refractivity contribution is -0.465. The van der Waals surface area contributed by atoms with Gasteiger partial charge in [0.25, 0.3) is 0 Å². The molecule has 3 heteroatoms. The molecule has 0 aliphatic rings. The average Bonchev–Trinajstić information content (AvgIpc) is 1.41. The summed E-state index contributed by atoms with van der Waals surface area (Å²) in [5.74, 6) is 0. The van der Waals surface area contributed by atoms with Crippen LogP contribution < -0.4 is 5.11 Å². The van der Waals surface area contributed by atoms with Crippen molar-refractivity contribution < 1.29 is 9.91 Å². The SMILES string of the molecule is [N-]=[NH+]CC=O. The fourth-order valence-corrected chi connectivity index (χ4v) is 0.0373. The van der Waals surface area contributed by atoms with Crippen molar-refractivity contribution in [2.24, 2.45) is 0 Å². The molecule has 0 atom stereocenters. The van der Waals surface area contributed by atoms with E-state index in [4.69, 9.17) is 5.53 Å². The van der Waals surface area contributed by atoms with E-state index < -0.39 is 0 Å². The zero-order valence-corrected chi connectivity index (χ0v) is 2.64. The van der Waals surface area contributed by atoms with Crippen molar-refractivity contribution in [2.75, 3.05) is 6.54 Å². The highest BCUT2D eigenvalue weighted by atomic mass is 16.1. The van der Waals surface area contributed by atoms with E-state index in [0.717, 1.165) is 0 Å². The van der Waals surface area contributed by atoms with Crippen LogP contribution in [0.3, 0.4) is 0 Å². The molecule has 0 heterocycles. The maximum absolute atomic E-state index is 9.18. The van der Waals surface area contributed by atoms with E-state index in [0.29, 0.717) is 6.29 Å². The van der Waals surface area contributed by atoms with Crippen LogP contribution in [0.25, 0.3) is 5.53 Å². The van der Waals surface area contributed by atoms with Crippen LogP contribution in [-0.4, -0.2) is 12.8 Å². The molecule has 28 valence electrons. The normalized spacial score (nSPS) is 6.40. The van der Waals surface area contributed by atoms with Crippen molar-refractivity contribution in [3.63, 3.8) is 0 Å². The highest BCUT2D eigenvalue weighted by Crippen LogP contribution is 1.15. The Hall–Kier alpha value is -0.730. The van der Waals surface area contributed by atoms with Crippen LogP contribution in [0.2, 0.25) is 0 Å². The van der Waals surface area contributed by atoms with E-state index in [1.165, 1.54) is 0 Å². The van der Waals surface area contributed by atoms with Gasteiger partial charge >= 0.3 is 0 Å². The third-order valence-corrected chi connectivity index (χ3v) is 0.175. The topological polar surface area (TPSA) is 53.3 Å². The van der Waals surface area contributed by atoms with Gasteiger partial charge in [0.05, 0.1) is 0 Å². The van der Waals surface area contributed by atoms with Crippen molar-refractivity contribution in [3.8, 4) is 0 Å². The maximum Gasteiger partial charge on any atom is 0.185 e. The highest BCUT2D eigenvalue weighted by Gasteiger charge is 1.62. The quantitative estimate of drug-likeness (QED) is 0.306. The molecule has 0 fully saturated rings. The molecule has 3 nitrogen and oxygen atoms in total. The van der Waals surface area contributed by atoms with Crippen LogP contribution in [-0.2, 0) is 4.79 Å². The van der Waals surface area contributed by atoms with Crippen molar-refractivity contribution in [1.29, 1.82) is 0 Å². The molecule has 0 saturated carbocycles. The van der Waals surface area contributed by atoms with Gasteiger partial charge in [-0.1, -0.05) is 0 Å². The summed E-state index contributed by atoms with van der Waals surface area (Å²) < 4.78 is 0. The van der Waals surface area contributed by atoms with Crippen LogP contribution in [0.1, 0.15) is 0 Å². The van der Waals surface area contributed by atoms with Gasteiger partial charge in [0.1, 0.15) is 0 Å². The Morgan fingerprint density at radius 2 is 2.60 bits per heavy atom. The van der Waals surface area contributed by atoms with Gasteiger partial charge in [0.15, 0.2) is 12.8 Å². The largest absolute Gasteiger partial charge is 0.508 e. The monoisotopic (exact) mass is 72.0 g/mol. The van der Waals surface area contributed by atoms with E-state index in [1.54, 1.807) is 5.11 Å². The molecule has 0 aromatic heterocycles. The summed E-state index contributed by atoms with van der Waals surface area (Å²) in [6, 6.07) is 0. The second kappa shape index (κ2) is 3.27. The molecule has 0 rings (SSSR count). The Morgan fingerprint density at radius 3 is 2.60 bits per heavy atom. The molecular weight excluding hydrogens is 68.0 g/mol. The van der Waals surface area contributed by atoms with Gasteiger partial charge < -0.3 is 10.6 Å². The van der Waals surface area contributed by atoms with Crippen LogP contribution in [0, 0.1) is 0 Å². The van der Waals surface area contributed by atoms with Crippen molar-refractivity contribution in [2.45, 2.75) is 0 Å². The standard InChI is InChI=1S/C2H4N2O/c3-4-1-2-5/h2,4H,1H2. The van der Waals surface area contributed by atoms with Gasteiger partial charge in [-0.2, -0.15) is 0 Å². The second-order valence-electron chi connectivity index (χ2n) is 0.529. The first-order valence-corrected chi connectivity index (χ1v) is 1.22. The molecule has 0 aromatic carbocycles. The predicted octanol–water partition coefficient (Wildman–Crippen LogP) is -1.71. The van der Waals surface area contributed by atoms with Gasteiger partial charge in [0, 0.05) is 0 Å². The number of nitrogens with zero attached hydrogens (tertiary/aromatic N) is 1. The molecule has 0 radical (unpaired) electrons. The minimum atomic E-state index is 0.0139. The van der Waals surface area contributed by atoms with Crippen molar-refractivity contribution in [1.82, 2.24) is 0 Å². The molecule has 0 aliphatic heterocycles. The molecule has 0 amide bonds. The Morgan fingerprint density at radius 1 is 2.00 bits per heavy atom. The lowest BCUT2D eigenvalue weighted by Gasteiger charge is -1.64. The fraction of sp³-hybridized carbons (Fsp3) is 0.500. The number of hydrogen-bond acceptors (Lipinski definition) is 1. The van der Waals surface area contributed by atoms with E-state index in [-0.39, 0.29) is 6.54 Å². The van der Waals surface area contributed by atoms with Gasteiger partial charge in [-0.3, -0.25) is 4.79 Å². The Balaban J connectivity index is 2.65. The Kier molecular flexibility index (Phi) is 2.79. The van der Waals surface area contributed by atoms with Crippen LogP contribution in [0.15, 0.2) is 0 Å². The Labute approximate surface area is 29.5 Å². The molecular formula is C2H4N2O. The minimum absolute atomic E-state index is 0.0139. The Bertz CT molecular complexity index is 36.9. The highest BCUT2D eigenvalue weighted by molar-refractivity contribution is 5.49. The number of rotatable bonds is 2. The second-order valence-corrected chi connectivity index (χ2v) is 0.529. The molecule has 0 saturated heterocycles. The summed E-state index contributed by atoms with van der Waals surface area (Å²) in [7, 11) is 0. The van der Waals surface area contributed by atoms with Crippen molar-refractivity contribution >= 4 is 6.29 Å². The maximum atomic E-state index is 9.18. The summed E-state index contributed by atoms with van der Waals surface area (Å²) in [5.41, 5.74) is 7.58. The molecule has 0 bridgehead atoms. The lowest BCUT2D eigenvalue weighted by Crippen LogP contribution is -2.63. The number of carbonyl (C=O) groups is 1. The zero-order chi connectivity index (χ0) is 4.12. The third kappa shape index (κ3) is 3.27. The predicted molar refractivity (Wildman–Crippen MR) is 15.3 cm³/mol. The van der Waals surface area contributed by atoms with Crippen LogP contribution in [0.5, 0.6) is 0 Å². The number of carbonyl (C=O) groups excluding carboxylic acids is 1. The molecule has 0 aliphatic carbocycles. The first kappa shape index (κ1) is 4.27. The van der Waals surface area contributed by atoms with Crippen molar-refractivity contribution in [3.05, 3.63) is 5.53 Å². The van der Waals surface area contributed by atoms with E-state index >= 15 is 0 Å². The summed E-state index contributed by atoms with van der Waals surface area (Å²) in [6.07, 6.45) is 0.569. The smallest absolute Gasteiger partial charge is 0.185 e. The number of hydrogen-bond donors (Lipinski definition) is 1. The third-order valence-electron chi connectivity index (χ3n) is 0.175. The lowest BCUT2D eigenvalue weighted by atomic mass is 10.8. The first-order valence-electron chi connectivity index (χ1n) is 1.22. The first-order chi connectivity index (χ1) is 2.41.